The van der Waals surface area contributed by atoms with E-state index >= 15 is 0 Å². The van der Waals surface area contributed by atoms with Crippen LogP contribution in [0.2, 0.25) is 0 Å². The Morgan fingerprint density at radius 2 is 1.67 bits per heavy atom. The molecule has 2 nitrogen and oxygen atoms in total. The second-order valence-corrected chi connectivity index (χ2v) is 3.61. The molecule has 0 unspecified atom stereocenters. The van der Waals surface area contributed by atoms with E-state index in [1.165, 1.54) is 5.56 Å². The minimum Gasteiger partial charge on any atom is -0.340 e. The first kappa shape index (κ1) is 9.71. The maximum atomic E-state index is 4.30. The van der Waals surface area contributed by atoms with Crippen LogP contribution in [0.5, 0.6) is 0 Å². The van der Waals surface area contributed by atoms with Crippen LogP contribution >= 0.6 is 0 Å². The fourth-order valence-corrected chi connectivity index (χ4v) is 1.46. The van der Waals surface area contributed by atoms with Crippen LogP contribution in [0.4, 0.5) is 11.5 Å². The molecule has 0 radical (unpaired) electrons. The minimum absolute atomic E-state index is 0.923. The van der Waals surface area contributed by atoms with E-state index in [-0.39, 0.29) is 0 Å². The van der Waals surface area contributed by atoms with Crippen LogP contribution in [0.3, 0.4) is 0 Å². The summed E-state index contributed by atoms with van der Waals surface area (Å²) in [7, 11) is 0. The van der Waals surface area contributed by atoms with Gasteiger partial charge in [-0.1, -0.05) is 24.3 Å². The maximum absolute atomic E-state index is 4.30. The Kier molecular flexibility index (Phi) is 2.68. The lowest BCUT2D eigenvalue weighted by Crippen LogP contribution is -1.97. The standard InChI is InChI=1S/C13H14N2/c1-10-6-3-4-8-12(10)15-13-11(2)7-5-9-14-13/h3-9H,1-2H3,(H,14,15). The molecule has 0 atom stereocenters. The molecule has 2 aromatic rings. The number of hydrogen-bond donors (Lipinski definition) is 1. The Bertz CT molecular complexity index is 420. The molecule has 1 N–H and O–H groups in total. The van der Waals surface area contributed by atoms with Crippen LogP contribution in [0.25, 0.3) is 0 Å². The van der Waals surface area contributed by atoms with Gasteiger partial charge in [-0.3, -0.25) is 0 Å². The molecule has 2 rings (SSSR count). The average Bonchev–Trinajstić information content (AvgIpc) is 2.24. The number of rotatable bonds is 2. The Balaban J connectivity index is 2.30. The molecule has 1 aromatic carbocycles. The zero-order valence-corrected chi connectivity index (χ0v) is 8.99. The van der Waals surface area contributed by atoms with Gasteiger partial charge in [0.25, 0.3) is 0 Å². The van der Waals surface area contributed by atoms with Crippen LogP contribution < -0.4 is 5.32 Å². The van der Waals surface area contributed by atoms with Gasteiger partial charge in [0.2, 0.25) is 0 Å². The van der Waals surface area contributed by atoms with Crippen molar-refractivity contribution in [3.63, 3.8) is 0 Å². The Labute approximate surface area is 90.0 Å². The van der Waals surface area contributed by atoms with Gasteiger partial charge in [-0.15, -0.1) is 0 Å². The van der Waals surface area contributed by atoms with Crippen molar-refractivity contribution in [3.8, 4) is 0 Å². The third-order valence-electron chi connectivity index (χ3n) is 2.41. The lowest BCUT2D eigenvalue weighted by Gasteiger charge is -2.10. The van der Waals surface area contributed by atoms with E-state index in [9.17, 15) is 0 Å². The summed E-state index contributed by atoms with van der Waals surface area (Å²) < 4.78 is 0. The zero-order valence-electron chi connectivity index (χ0n) is 8.99. The minimum atomic E-state index is 0.923. The number of anilines is 2. The van der Waals surface area contributed by atoms with E-state index in [0.29, 0.717) is 0 Å². The van der Waals surface area contributed by atoms with Crippen molar-refractivity contribution in [2.24, 2.45) is 0 Å². The summed E-state index contributed by atoms with van der Waals surface area (Å²) >= 11 is 0. The van der Waals surface area contributed by atoms with Crippen molar-refractivity contribution in [3.05, 3.63) is 53.7 Å². The normalized spacial score (nSPS) is 10.0. The second kappa shape index (κ2) is 4.13. The Morgan fingerprint density at radius 1 is 0.933 bits per heavy atom. The molecular formula is C13H14N2. The molecule has 0 aliphatic carbocycles. The van der Waals surface area contributed by atoms with Crippen molar-refractivity contribution in [2.75, 3.05) is 5.32 Å². The first-order chi connectivity index (χ1) is 7.27. The molecule has 2 heteroatoms. The van der Waals surface area contributed by atoms with Crippen LogP contribution in [-0.2, 0) is 0 Å². The largest absolute Gasteiger partial charge is 0.340 e. The molecule has 1 heterocycles. The molecule has 0 saturated heterocycles. The number of aromatic nitrogens is 1. The van der Waals surface area contributed by atoms with Crippen LogP contribution in [-0.4, -0.2) is 4.98 Å². The quantitative estimate of drug-likeness (QED) is 0.799. The smallest absolute Gasteiger partial charge is 0.133 e. The van der Waals surface area contributed by atoms with Gasteiger partial charge in [0.15, 0.2) is 0 Å². The van der Waals surface area contributed by atoms with Gasteiger partial charge < -0.3 is 5.32 Å². The predicted octanol–water partition coefficient (Wildman–Crippen LogP) is 3.44. The average molecular weight is 198 g/mol. The highest BCUT2D eigenvalue weighted by atomic mass is 15.0. The highest BCUT2D eigenvalue weighted by Crippen LogP contribution is 2.20. The lowest BCUT2D eigenvalue weighted by molar-refractivity contribution is 1.25. The molecular weight excluding hydrogens is 184 g/mol. The van der Waals surface area contributed by atoms with Crippen molar-refractivity contribution in [1.82, 2.24) is 4.98 Å². The van der Waals surface area contributed by atoms with Gasteiger partial charge in [0, 0.05) is 11.9 Å². The summed E-state index contributed by atoms with van der Waals surface area (Å²) in [6.45, 7) is 4.13. The van der Waals surface area contributed by atoms with Crippen LogP contribution in [0.1, 0.15) is 11.1 Å². The van der Waals surface area contributed by atoms with E-state index in [2.05, 4.69) is 29.4 Å². The Morgan fingerprint density at radius 3 is 2.40 bits per heavy atom. The predicted molar refractivity (Wildman–Crippen MR) is 63.4 cm³/mol. The SMILES string of the molecule is Cc1ccccc1Nc1ncccc1C. The lowest BCUT2D eigenvalue weighted by atomic mass is 10.2. The molecule has 76 valence electrons. The third kappa shape index (κ3) is 2.15. The second-order valence-electron chi connectivity index (χ2n) is 3.61. The molecule has 0 bridgehead atoms. The molecule has 0 saturated carbocycles. The number of benzene rings is 1. The monoisotopic (exact) mass is 198 g/mol. The highest BCUT2D eigenvalue weighted by Gasteiger charge is 2.00. The fraction of sp³-hybridized carbons (Fsp3) is 0.154. The first-order valence-corrected chi connectivity index (χ1v) is 5.01. The summed E-state index contributed by atoms with van der Waals surface area (Å²) in [4.78, 5) is 4.30. The van der Waals surface area contributed by atoms with Crippen molar-refractivity contribution >= 4 is 11.5 Å². The molecule has 0 aliphatic heterocycles. The highest BCUT2D eigenvalue weighted by molar-refractivity contribution is 5.62. The van der Waals surface area contributed by atoms with E-state index in [0.717, 1.165) is 17.1 Å². The van der Waals surface area contributed by atoms with Crippen molar-refractivity contribution in [2.45, 2.75) is 13.8 Å². The number of pyridine rings is 1. The van der Waals surface area contributed by atoms with E-state index in [1.807, 2.05) is 31.2 Å². The van der Waals surface area contributed by atoms with Gasteiger partial charge >= 0.3 is 0 Å². The number of para-hydroxylation sites is 1. The van der Waals surface area contributed by atoms with Gasteiger partial charge in [-0.05, 0) is 37.1 Å². The summed E-state index contributed by atoms with van der Waals surface area (Å²) in [5.74, 6) is 0.923. The number of nitrogens with zero attached hydrogens (tertiary/aromatic N) is 1. The van der Waals surface area contributed by atoms with Crippen molar-refractivity contribution < 1.29 is 0 Å². The molecule has 0 spiro atoms. The fourth-order valence-electron chi connectivity index (χ4n) is 1.46. The van der Waals surface area contributed by atoms with Crippen LogP contribution in [0.15, 0.2) is 42.6 Å². The third-order valence-corrected chi connectivity index (χ3v) is 2.41. The molecule has 0 amide bonds. The number of aryl methyl sites for hydroxylation is 2. The zero-order chi connectivity index (χ0) is 10.7. The topological polar surface area (TPSA) is 24.9 Å². The molecule has 0 fully saturated rings. The number of nitrogens with one attached hydrogen (secondary N) is 1. The molecule has 0 aliphatic rings. The van der Waals surface area contributed by atoms with E-state index in [4.69, 9.17) is 0 Å². The van der Waals surface area contributed by atoms with Gasteiger partial charge in [-0.2, -0.15) is 0 Å². The van der Waals surface area contributed by atoms with Gasteiger partial charge in [-0.25, -0.2) is 4.98 Å². The number of hydrogen-bond acceptors (Lipinski definition) is 2. The summed E-state index contributed by atoms with van der Waals surface area (Å²) in [6, 6.07) is 12.2. The molecule has 15 heavy (non-hydrogen) atoms. The van der Waals surface area contributed by atoms with Crippen molar-refractivity contribution in [1.29, 1.82) is 0 Å². The van der Waals surface area contributed by atoms with E-state index in [1.54, 1.807) is 6.20 Å². The summed E-state index contributed by atoms with van der Waals surface area (Å²) in [5.41, 5.74) is 3.49. The maximum Gasteiger partial charge on any atom is 0.133 e. The Hall–Kier alpha value is -1.83. The van der Waals surface area contributed by atoms with Gasteiger partial charge in [0.05, 0.1) is 0 Å². The first-order valence-electron chi connectivity index (χ1n) is 5.01. The van der Waals surface area contributed by atoms with Crippen LogP contribution in [0, 0.1) is 13.8 Å². The van der Waals surface area contributed by atoms with Gasteiger partial charge in [0.1, 0.15) is 5.82 Å². The summed E-state index contributed by atoms with van der Waals surface area (Å²) in [5, 5.41) is 3.33. The molecule has 1 aromatic heterocycles. The van der Waals surface area contributed by atoms with E-state index < -0.39 is 0 Å². The summed E-state index contributed by atoms with van der Waals surface area (Å²) in [6.07, 6.45) is 1.80.